The summed E-state index contributed by atoms with van der Waals surface area (Å²) in [7, 11) is 0. The summed E-state index contributed by atoms with van der Waals surface area (Å²) in [6.45, 7) is -0.254. The second-order valence-corrected chi connectivity index (χ2v) is 7.12. The number of amidine groups is 1. The van der Waals surface area contributed by atoms with Gasteiger partial charge in [0.1, 0.15) is 11.6 Å². The molecule has 0 bridgehead atoms. The van der Waals surface area contributed by atoms with Crippen molar-refractivity contribution >= 4 is 55.1 Å². The Morgan fingerprint density at radius 3 is 2.68 bits per heavy atom. The van der Waals surface area contributed by atoms with E-state index in [4.69, 9.17) is 10.5 Å². The van der Waals surface area contributed by atoms with Crippen LogP contribution in [0, 0.1) is 5.82 Å². The maximum Gasteiger partial charge on any atom is 0.263 e. The van der Waals surface area contributed by atoms with Gasteiger partial charge in [0.05, 0.1) is 10.2 Å². The number of rotatable bonds is 6. The lowest BCUT2D eigenvalue weighted by atomic mass is 10.3. The van der Waals surface area contributed by atoms with Crippen LogP contribution in [0.1, 0.15) is 5.69 Å². The minimum atomic E-state index is -0.489. The third-order valence-corrected chi connectivity index (χ3v) is 4.46. The smallest absolute Gasteiger partial charge is 0.263 e. The predicted octanol–water partition coefficient (Wildman–Crippen LogP) is 3.79. The molecule has 3 aromatic rings. The number of ether oxygens (including phenoxy) is 1. The number of amides is 1. The second kappa shape index (κ2) is 8.93. The summed E-state index contributed by atoms with van der Waals surface area (Å²) in [5, 5.41) is 9.74. The van der Waals surface area contributed by atoms with Crippen LogP contribution in [0.3, 0.4) is 0 Å². The average Bonchev–Trinajstić information content (AvgIpc) is 3.12. The van der Waals surface area contributed by atoms with Crippen molar-refractivity contribution in [1.82, 2.24) is 10.3 Å². The van der Waals surface area contributed by atoms with Crippen molar-refractivity contribution in [3.05, 3.63) is 62.9 Å². The molecule has 1 heterocycles. The number of nitrogens with zero attached hydrogens (tertiary/aromatic N) is 3. The molecule has 0 aliphatic rings. The molecule has 3 N–H and O–H groups in total. The number of carbonyl (C=O) groups excluding carboxylic acids is 1. The van der Waals surface area contributed by atoms with Crippen LogP contribution in [0.2, 0.25) is 0 Å². The number of benzene rings is 2. The predicted molar refractivity (Wildman–Crippen MR) is 107 cm³/mol. The normalized spacial score (nSPS) is 11.3. The van der Waals surface area contributed by atoms with Gasteiger partial charge in [-0.1, -0.05) is 15.9 Å². The van der Waals surface area contributed by atoms with Gasteiger partial charge in [0.15, 0.2) is 18.1 Å². The summed E-state index contributed by atoms with van der Waals surface area (Å²) in [5.41, 5.74) is 6.33. The first-order chi connectivity index (χ1) is 13.4. The molecule has 8 nitrogen and oxygen atoms in total. The van der Waals surface area contributed by atoms with Crippen molar-refractivity contribution in [3.8, 4) is 5.75 Å². The molecule has 1 amide bonds. The highest BCUT2D eigenvalue weighted by Crippen LogP contribution is 2.23. The Labute approximate surface area is 175 Å². The van der Waals surface area contributed by atoms with Crippen molar-refractivity contribution in [1.29, 1.82) is 0 Å². The lowest BCUT2D eigenvalue weighted by molar-refractivity contribution is -0.118. The zero-order valence-corrected chi connectivity index (χ0v) is 17.2. The van der Waals surface area contributed by atoms with Crippen LogP contribution in [0.4, 0.5) is 15.9 Å². The summed E-state index contributed by atoms with van der Waals surface area (Å²) >= 11 is 6.38. The summed E-state index contributed by atoms with van der Waals surface area (Å²) in [6.07, 6.45) is 0. The maximum atomic E-state index is 13.3. The first kappa shape index (κ1) is 20.0. The molecule has 0 aliphatic heterocycles. The Bertz CT molecular complexity index is 1020. The van der Waals surface area contributed by atoms with Crippen LogP contribution >= 0.6 is 31.9 Å². The molecule has 28 heavy (non-hydrogen) atoms. The highest BCUT2D eigenvalue weighted by molar-refractivity contribution is 9.10. The van der Waals surface area contributed by atoms with Crippen LogP contribution in [-0.4, -0.2) is 28.7 Å². The van der Waals surface area contributed by atoms with E-state index in [-0.39, 0.29) is 28.4 Å². The molecule has 0 unspecified atom stereocenters. The zero-order valence-electron chi connectivity index (χ0n) is 14.0. The van der Waals surface area contributed by atoms with Crippen molar-refractivity contribution in [2.75, 3.05) is 11.9 Å². The SMILES string of the molecule is NC(=Nc1ccc(F)c(Br)c1)c1nonc1NC(=O)COc1ccc(Br)cc1. The fourth-order valence-corrected chi connectivity index (χ4v) is 2.66. The molecular weight excluding hydrogens is 501 g/mol. The van der Waals surface area contributed by atoms with E-state index in [0.717, 1.165) is 4.47 Å². The summed E-state index contributed by atoms with van der Waals surface area (Å²) in [6, 6.07) is 11.1. The van der Waals surface area contributed by atoms with Crippen LogP contribution in [-0.2, 0) is 4.79 Å². The van der Waals surface area contributed by atoms with E-state index in [1.165, 1.54) is 18.2 Å². The van der Waals surface area contributed by atoms with E-state index < -0.39 is 11.7 Å². The Kier molecular flexibility index (Phi) is 6.37. The number of aliphatic imine (C=N–C) groups is 1. The van der Waals surface area contributed by atoms with E-state index in [9.17, 15) is 9.18 Å². The number of aromatic nitrogens is 2. The van der Waals surface area contributed by atoms with E-state index in [1.807, 2.05) is 0 Å². The molecule has 1 aromatic heterocycles. The Morgan fingerprint density at radius 2 is 1.96 bits per heavy atom. The van der Waals surface area contributed by atoms with Crippen molar-refractivity contribution in [3.63, 3.8) is 0 Å². The van der Waals surface area contributed by atoms with Gasteiger partial charge in [0.25, 0.3) is 5.91 Å². The topological polar surface area (TPSA) is 116 Å². The van der Waals surface area contributed by atoms with Gasteiger partial charge in [0.2, 0.25) is 5.82 Å². The van der Waals surface area contributed by atoms with Gasteiger partial charge in [-0.25, -0.2) is 14.0 Å². The highest BCUT2D eigenvalue weighted by atomic mass is 79.9. The third-order valence-electron chi connectivity index (χ3n) is 3.33. The summed E-state index contributed by atoms with van der Waals surface area (Å²) in [5.74, 6) is -0.466. The second-order valence-electron chi connectivity index (χ2n) is 5.35. The van der Waals surface area contributed by atoms with Crippen molar-refractivity contribution in [2.24, 2.45) is 10.7 Å². The average molecular weight is 513 g/mol. The molecule has 0 saturated carbocycles. The number of hydrogen-bond donors (Lipinski definition) is 2. The van der Waals surface area contributed by atoms with Gasteiger partial charge in [0, 0.05) is 4.47 Å². The largest absolute Gasteiger partial charge is 0.484 e. The molecule has 0 radical (unpaired) electrons. The number of carbonyl (C=O) groups is 1. The molecule has 0 spiro atoms. The van der Waals surface area contributed by atoms with E-state index >= 15 is 0 Å². The van der Waals surface area contributed by atoms with E-state index in [0.29, 0.717) is 11.4 Å². The monoisotopic (exact) mass is 511 g/mol. The quantitative estimate of drug-likeness (QED) is 0.383. The van der Waals surface area contributed by atoms with Gasteiger partial charge < -0.3 is 15.8 Å². The number of nitrogens with two attached hydrogens (primary N) is 1. The number of nitrogens with one attached hydrogen (secondary N) is 1. The van der Waals surface area contributed by atoms with Gasteiger partial charge in [-0.3, -0.25) is 4.79 Å². The van der Waals surface area contributed by atoms with Gasteiger partial charge in [-0.15, -0.1) is 0 Å². The Balaban J connectivity index is 1.66. The summed E-state index contributed by atoms with van der Waals surface area (Å²) in [4.78, 5) is 16.2. The number of anilines is 1. The minimum Gasteiger partial charge on any atom is -0.484 e. The molecular formula is C17H12Br2FN5O3. The number of hydrogen-bond acceptors (Lipinski definition) is 6. The molecule has 0 atom stereocenters. The van der Waals surface area contributed by atoms with E-state index in [1.54, 1.807) is 24.3 Å². The maximum absolute atomic E-state index is 13.3. The highest BCUT2D eigenvalue weighted by Gasteiger charge is 2.17. The fraction of sp³-hybridized carbons (Fsp3) is 0.0588. The molecule has 0 saturated heterocycles. The minimum absolute atomic E-state index is 0.00756. The fourth-order valence-electron chi connectivity index (χ4n) is 2.03. The lowest BCUT2D eigenvalue weighted by Crippen LogP contribution is -2.23. The van der Waals surface area contributed by atoms with Gasteiger partial charge in [-0.05, 0) is 68.7 Å². The van der Waals surface area contributed by atoms with Crippen LogP contribution in [0.5, 0.6) is 5.75 Å². The third kappa shape index (κ3) is 5.14. The first-order valence-electron chi connectivity index (χ1n) is 7.73. The first-order valence-corrected chi connectivity index (χ1v) is 9.31. The Hall–Kier alpha value is -2.79. The lowest BCUT2D eigenvalue weighted by Gasteiger charge is -2.06. The number of halogens is 3. The molecule has 2 aromatic carbocycles. The van der Waals surface area contributed by atoms with Crippen LogP contribution in [0.25, 0.3) is 0 Å². The van der Waals surface area contributed by atoms with Crippen LogP contribution in [0.15, 0.2) is 61.0 Å². The molecule has 0 fully saturated rings. The van der Waals surface area contributed by atoms with Gasteiger partial charge in [-0.2, -0.15) is 0 Å². The van der Waals surface area contributed by atoms with Gasteiger partial charge >= 0.3 is 0 Å². The standard InChI is InChI=1S/C17H12Br2FN5O3/c18-9-1-4-11(5-2-9)27-8-14(26)23-17-15(24-28-25-17)16(21)22-10-3-6-13(20)12(19)7-10/h1-7H,8H2,(H2,21,22)(H,23,25,26). The van der Waals surface area contributed by atoms with Crippen molar-refractivity contribution < 1.29 is 18.6 Å². The molecule has 3 rings (SSSR count). The summed E-state index contributed by atoms with van der Waals surface area (Å²) < 4.78 is 24.4. The van der Waals surface area contributed by atoms with Crippen LogP contribution < -0.4 is 15.8 Å². The van der Waals surface area contributed by atoms with Crippen molar-refractivity contribution in [2.45, 2.75) is 0 Å². The molecule has 11 heteroatoms. The zero-order chi connectivity index (χ0) is 20.1. The van der Waals surface area contributed by atoms with E-state index in [2.05, 4.69) is 57.1 Å². The molecule has 0 aliphatic carbocycles. The molecule has 144 valence electrons. The Morgan fingerprint density at radius 1 is 1.21 bits per heavy atom.